The summed E-state index contributed by atoms with van der Waals surface area (Å²) in [7, 11) is -3.17. The molecule has 2 aliphatic rings. The minimum atomic E-state index is -3.17. The van der Waals surface area contributed by atoms with Crippen LogP contribution >= 0.6 is 0 Å². The Bertz CT molecular complexity index is 403. The van der Waals surface area contributed by atoms with Gasteiger partial charge in [0, 0.05) is 12.6 Å². The average molecular weight is 247 g/mol. The van der Waals surface area contributed by atoms with Crippen molar-refractivity contribution in [2.45, 2.75) is 37.6 Å². The summed E-state index contributed by atoms with van der Waals surface area (Å²) in [6.07, 6.45) is 0.492. The van der Waals surface area contributed by atoms with Gasteiger partial charge in [-0.2, -0.15) is 0 Å². The summed E-state index contributed by atoms with van der Waals surface area (Å²) in [5.74, 6) is -0.519. The number of hydrogen-bond donors (Lipinski definition) is 1. The monoisotopic (exact) mass is 247 g/mol. The highest BCUT2D eigenvalue weighted by atomic mass is 32.2. The maximum Gasteiger partial charge on any atom is 0.322 e. The molecule has 0 aromatic heterocycles. The van der Waals surface area contributed by atoms with E-state index in [1.54, 1.807) is 0 Å². The lowest BCUT2D eigenvalue weighted by molar-refractivity contribution is -0.142. The first-order chi connectivity index (χ1) is 7.33. The molecule has 0 aromatic rings. The summed E-state index contributed by atoms with van der Waals surface area (Å²) >= 11 is 0. The van der Waals surface area contributed by atoms with Crippen LogP contribution in [0.25, 0.3) is 0 Å². The predicted octanol–water partition coefficient (Wildman–Crippen LogP) is -0.0331. The molecule has 0 aliphatic carbocycles. The lowest BCUT2D eigenvalue weighted by Gasteiger charge is -2.33. The maximum atomic E-state index is 11.7. The zero-order valence-corrected chi connectivity index (χ0v) is 10.3. The first kappa shape index (κ1) is 11.9. The van der Waals surface area contributed by atoms with Crippen molar-refractivity contribution in [3.05, 3.63) is 0 Å². The number of likely N-dealkylation sites (tertiary alicyclic amines) is 1. The molecule has 16 heavy (non-hydrogen) atoms. The molecule has 3 unspecified atom stereocenters. The van der Waals surface area contributed by atoms with Gasteiger partial charge in [-0.1, -0.05) is 13.8 Å². The number of carboxylic acid groups (broad SMARTS) is 1. The first-order valence-corrected chi connectivity index (χ1v) is 7.24. The van der Waals surface area contributed by atoms with Gasteiger partial charge in [-0.05, 0) is 12.3 Å². The summed E-state index contributed by atoms with van der Waals surface area (Å²) in [5.41, 5.74) is 0. The topological polar surface area (TPSA) is 74.7 Å². The fraction of sp³-hybridized carbons (Fsp3) is 0.900. The predicted molar refractivity (Wildman–Crippen MR) is 58.9 cm³/mol. The van der Waals surface area contributed by atoms with Crippen LogP contribution in [0.4, 0.5) is 0 Å². The largest absolute Gasteiger partial charge is 0.480 e. The molecule has 0 amide bonds. The van der Waals surface area contributed by atoms with Gasteiger partial charge < -0.3 is 5.11 Å². The Morgan fingerprint density at radius 1 is 1.50 bits per heavy atom. The highest BCUT2D eigenvalue weighted by molar-refractivity contribution is 7.92. The minimum Gasteiger partial charge on any atom is -0.480 e. The zero-order valence-electron chi connectivity index (χ0n) is 9.46. The van der Waals surface area contributed by atoms with Crippen molar-refractivity contribution in [2.75, 3.05) is 12.3 Å². The quantitative estimate of drug-likeness (QED) is 0.758. The zero-order chi connectivity index (χ0) is 12.1. The molecule has 0 saturated carbocycles. The molecule has 2 fully saturated rings. The van der Waals surface area contributed by atoms with Crippen LogP contribution in [0.3, 0.4) is 0 Å². The van der Waals surface area contributed by atoms with Gasteiger partial charge in [0.2, 0.25) is 0 Å². The smallest absolute Gasteiger partial charge is 0.322 e. The summed E-state index contributed by atoms with van der Waals surface area (Å²) in [4.78, 5) is 13.0. The molecule has 2 saturated heterocycles. The summed E-state index contributed by atoms with van der Waals surface area (Å²) in [6.45, 7) is 4.69. The maximum absolute atomic E-state index is 11.7. The van der Waals surface area contributed by atoms with E-state index in [2.05, 4.69) is 0 Å². The summed E-state index contributed by atoms with van der Waals surface area (Å²) in [6, 6.07) is -0.912. The van der Waals surface area contributed by atoms with Gasteiger partial charge in [-0.3, -0.25) is 9.69 Å². The van der Waals surface area contributed by atoms with E-state index in [1.807, 2.05) is 18.7 Å². The standard InChI is InChI=1S/C10H17NO4S/c1-6(2)4-11-7-3-8(9(11)10(12)13)16(14,15)5-7/h6-9H,3-5H2,1-2H3,(H,12,13). The van der Waals surface area contributed by atoms with Crippen LogP contribution in [-0.4, -0.2) is 54.0 Å². The second-order valence-electron chi connectivity index (χ2n) is 5.13. The van der Waals surface area contributed by atoms with Crippen molar-refractivity contribution >= 4 is 15.8 Å². The lowest BCUT2D eigenvalue weighted by atomic mass is 10.1. The number of rotatable bonds is 3. The molecule has 2 bridgehead atoms. The van der Waals surface area contributed by atoms with Gasteiger partial charge in [0.05, 0.1) is 11.0 Å². The second kappa shape index (κ2) is 3.70. The number of aliphatic carboxylic acids is 1. The van der Waals surface area contributed by atoms with Crippen molar-refractivity contribution in [3.63, 3.8) is 0 Å². The van der Waals surface area contributed by atoms with Crippen LogP contribution in [0.1, 0.15) is 20.3 Å². The van der Waals surface area contributed by atoms with E-state index in [0.29, 0.717) is 18.9 Å². The molecule has 0 spiro atoms. The SMILES string of the molecule is CC(C)CN1C2CC(C1C(=O)O)S(=O)(=O)C2. The highest BCUT2D eigenvalue weighted by Crippen LogP contribution is 2.38. The molecule has 0 aromatic carbocycles. The molecule has 5 nitrogen and oxygen atoms in total. The Morgan fingerprint density at radius 3 is 2.62 bits per heavy atom. The second-order valence-corrected chi connectivity index (χ2v) is 7.40. The van der Waals surface area contributed by atoms with Crippen LogP contribution in [0.5, 0.6) is 0 Å². The summed E-state index contributed by atoms with van der Waals surface area (Å²) < 4.78 is 23.4. The van der Waals surface area contributed by atoms with E-state index in [-0.39, 0.29) is 11.8 Å². The molecule has 2 rings (SSSR count). The van der Waals surface area contributed by atoms with Crippen molar-refractivity contribution in [2.24, 2.45) is 5.92 Å². The van der Waals surface area contributed by atoms with Gasteiger partial charge in [-0.25, -0.2) is 8.42 Å². The van der Waals surface area contributed by atoms with Gasteiger partial charge in [0.15, 0.2) is 9.84 Å². The van der Waals surface area contributed by atoms with E-state index in [0.717, 1.165) is 0 Å². The van der Waals surface area contributed by atoms with Crippen molar-refractivity contribution in [1.82, 2.24) is 4.90 Å². The third-order valence-corrected chi connectivity index (χ3v) is 5.62. The number of fused-ring (bicyclic) bond motifs is 2. The van der Waals surface area contributed by atoms with Crippen LogP contribution in [0, 0.1) is 5.92 Å². The molecule has 2 aliphatic heterocycles. The molecule has 3 atom stereocenters. The van der Waals surface area contributed by atoms with E-state index >= 15 is 0 Å². The molecule has 1 N–H and O–H groups in total. The van der Waals surface area contributed by atoms with Gasteiger partial charge >= 0.3 is 5.97 Å². The highest BCUT2D eigenvalue weighted by Gasteiger charge is 2.57. The van der Waals surface area contributed by atoms with Gasteiger partial charge in [-0.15, -0.1) is 0 Å². The van der Waals surface area contributed by atoms with Crippen molar-refractivity contribution in [1.29, 1.82) is 0 Å². The van der Waals surface area contributed by atoms with E-state index < -0.39 is 27.1 Å². The number of carbonyl (C=O) groups is 1. The third kappa shape index (κ3) is 1.73. The normalized spacial score (nSPS) is 37.1. The summed E-state index contributed by atoms with van der Waals surface area (Å²) in [5, 5.41) is 8.46. The van der Waals surface area contributed by atoms with Crippen LogP contribution in [0.2, 0.25) is 0 Å². The average Bonchev–Trinajstić information content (AvgIpc) is 2.56. The number of sulfone groups is 1. The number of carboxylic acids is 1. The van der Waals surface area contributed by atoms with E-state index in [1.165, 1.54) is 0 Å². The Labute approximate surface area is 95.4 Å². The van der Waals surface area contributed by atoms with E-state index in [4.69, 9.17) is 5.11 Å². The Morgan fingerprint density at radius 2 is 2.12 bits per heavy atom. The molecular formula is C10H17NO4S. The molecule has 92 valence electrons. The van der Waals surface area contributed by atoms with Crippen LogP contribution in [0.15, 0.2) is 0 Å². The molecule has 2 heterocycles. The Balaban J connectivity index is 2.27. The molecule has 0 radical (unpaired) electrons. The number of nitrogens with zero attached hydrogens (tertiary/aromatic N) is 1. The number of hydrogen-bond acceptors (Lipinski definition) is 4. The van der Waals surface area contributed by atoms with Gasteiger partial charge in [0.1, 0.15) is 6.04 Å². The van der Waals surface area contributed by atoms with Crippen LogP contribution < -0.4 is 0 Å². The molecular weight excluding hydrogens is 230 g/mol. The molecule has 6 heteroatoms. The lowest BCUT2D eigenvalue weighted by Crippen LogP contribution is -2.53. The fourth-order valence-electron chi connectivity index (χ4n) is 2.86. The van der Waals surface area contributed by atoms with Crippen LogP contribution in [-0.2, 0) is 14.6 Å². The fourth-order valence-corrected chi connectivity index (χ4v) is 5.15. The van der Waals surface area contributed by atoms with Gasteiger partial charge in [0.25, 0.3) is 0 Å². The first-order valence-electron chi connectivity index (χ1n) is 5.53. The van der Waals surface area contributed by atoms with Crippen molar-refractivity contribution in [3.8, 4) is 0 Å². The van der Waals surface area contributed by atoms with Crippen molar-refractivity contribution < 1.29 is 18.3 Å². The Hall–Kier alpha value is -0.620. The third-order valence-electron chi connectivity index (χ3n) is 3.40. The Kier molecular flexibility index (Phi) is 2.74. The van der Waals surface area contributed by atoms with E-state index in [9.17, 15) is 13.2 Å². The minimum absolute atomic E-state index is 0.0847.